The van der Waals surface area contributed by atoms with Crippen molar-refractivity contribution in [3.8, 4) is 12.3 Å². The number of hydrogen-bond acceptors (Lipinski definition) is 1. The van der Waals surface area contributed by atoms with Gasteiger partial charge in [-0.05, 0) is 30.7 Å². The zero-order valence-corrected chi connectivity index (χ0v) is 8.48. The van der Waals surface area contributed by atoms with Crippen LogP contribution in [0, 0.1) is 19.3 Å². The van der Waals surface area contributed by atoms with Crippen LogP contribution in [-0.2, 0) is 0 Å². The lowest BCUT2D eigenvalue weighted by atomic mass is 10.2. The molecule has 0 aliphatic carbocycles. The van der Waals surface area contributed by atoms with E-state index in [2.05, 4.69) is 39.3 Å². The second kappa shape index (κ2) is 4.18. The monoisotopic (exact) mass is 223 g/mol. The first kappa shape index (κ1) is 9.15. The highest BCUT2D eigenvalue weighted by Gasteiger charge is 1.93. The molecule has 1 nitrogen and oxygen atoms in total. The molecule has 0 aliphatic rings. The SMILES string of the molecule is C#CCNc1cc(C)cc(Br)c1. The molecule has 0 heterocycles. The number of nitrogens with one attached hydrogen (secondary N) is 1. The Morgan fingerprint density at radius 1 is 1.50 bits per heavy atom. The molecule has 0 radical (unpaired) electrons. The van der Waals surface area contributed by atoms with Crippen LogP contribution in [0.1, 0.15) is 5.56 Å². The summed E-state index contributed by atoms with van der Waals surface area (Å²) in [5.41, 5.74) is 2.27. The lowest BCUT2D eigenvalue weighted by molar-refractivity contribution is 1.35. The van der Waals surface area contributed by atoms with Crippen molar-refractivity contribution in [2.24, 2.45) is 0 Å². The molecule has 12 heavy (non-hydrogen) atoms. The highest BCUT2D eigenvalue weighted by molar-refractivity contribution is 9.10. The number of halogens is 1. The van der Waals surface area contributed by atoms with E-state index in [0.717, 1.165) is 10.2 Å². The average Bonchev–Trinajstić information content (AvgIpc) is 1.99. The number of terminal acetylenes is 1. The van der Waals surface area contributed by atoms with Crippen molar-refractivity contribution in [2.75, 3.05) is 11.9 Å². The molecule has 0 aromatic heterocycles. The summed E-state index contributed by atoms with van der Waals surface area (Å²) in [5, 5.41) is 3.11. The van der Waals surface area contributed by atoms with Gasteiger partial charge in [0, 0.05) is 10.2 Å². The van der Waals surface area contributed by atoms with Crippen molar-refractivity contribution < 1.29 is 0 Å². The quantitative estimate of drug-likeness (QED) is 0.761. The molecule has 0 bridgehead atoms. The maximum absolute atomic E-state index is 5.13. The van der Waals surface area contributed by atoms with E-state index in [9.17, 15) is 0 Å². The van der Waals surface area contributed by atoms with Gasteiger partial charge in [-0.1, -0.05) is 21.9 Å². The van der Waals surface area contributed by atoms with E-state index in [4.69, 9.17) is 6.42 Å². The molecule has 1 rings (SSSR count). The molecule has 0 atom stereocenters. The molecule has 2 heteroatoms. The fourth-order valence-electron chi connectivity index (χ4n) is 0.991. The molecule has 0 aliphatic heterocycles. The van der Waals surface area contributed by atoms with E-state index in [1.54, 1.807) is 0 Å². The third-order valence-electron chi connectivity index (χ3n) is 1.44. The zero-order valence-electron chi connectivity index (χ0n) is 6.89. The predicted molar refractivity (Wildman–Crippen MR) is 56.2 cm³/mol. The summed E-state index contributed by atoms with van der Waals surface area (Å²) in [5.74, 6) is 2.53. The topological polar surface area (TPSA) is 12.0 Å². The molecule has 1 aromatic carbocycles. The van der Waals surface area contributed by atoms with E-state index < -0.39 is 0 Å². The fourth-order valence-corrected chi connectivity index (χ4v) is 1.60. The second-order valence-electron chi connectivity index (χ2n) is 2.57. The Hall–Kier alpha value is -0.940. The van der Waals surface area contributed by atoms with Gasteiger partial charge in [-0.3, -0.25) is 0 Å². The molecular weight excluding hydrogens is 214 g/mol. The first-order valence-corrected chi connectivity index (χ1v) is 4.46. The van der Waals surface area contributed by atoms with Gasteiger partial charge in [-0.2, -0.15) is 0 Å². The summed E-state index contributed by atoms with van der Waals surface area (Å²) >= 11 is 3.41. The molecule has 0 saturated heterocycles. The molecular formula is C10H10BrN. The van der Waals surface area contributed by atoms with Gasteiger partial charge in [-0.25, -0.2) is 0 Å². The minimum Gasteiger partial charge on any atom is -0.374 e. The zero-order chi connectivity index (χ0) is 8.97. The van der Waals surface area contributed by atoms with Crippen LogP contribution in [0.15, 0.2) is 22.7 Å². The molecule has 0 amide bonds. The summed E-state index contributed by atoms with van der Waals surface area (Å²) in [6.45, 7) is 2.61. The van der Waals surface area contributed by atoms with Gasteiger partial charge < -0.3 is 5.32 Å². The van der Waals surface area contributed by atoms with Crippen molar-refractivity contribution in [3.05, 3.63) is 28.2 Å². The van der Waals surface area contributed by atoms with Crippen molar-refractivity contribution in [1.29, 1.82) is 0 Å². The molecule has 1 aromatic rings. The van der Waals surface area contributed by atoms with Crippen LogP contribution >= 0.6 is 15.9 Å². The number of benzene rings is 1. The van der Waals surface area contributed by atoms with E-state index in [-0.39, 0.29) is 0 Å². The van der Waals surface area contributed by atoms with E-state index in [0.29, 0.717) is 6.54 Å². The van der Waals surface area contributed by atoms with Gasteiger partial charge in [0.05, 0.1) is 6.54 Å². The lowest BCUT2D eigenvalue weighted by Crippen LogP contribution is -1.98. The van der Waals surface area contributed by atoms with Crippen LogP contribution in [-0.4, -0.2) is 6.54 Å². The van der Waals surface area contributed by atoms with Gasteiger partial charge in [0.2, 0.25) is 0 Å². The Morgan fingerprint density at radius 2 is 2.25 bits per heavy atom. The summed E-state index contributed by atoms with van der Waals surface area (Å²) < 4.78 is 1.07. The minimum atomic E-state index is 0.565. The van der Waals surface area contributed by atoms with Crippen LogP contribution in [0.4, 0.5) is 5.69 Å². The van der Waals surface area contributed by atoms with Gasteiger partial charge in [0.15, 0.2) is 0 Å². The third kappa shape index (κ3) is 2.60. The maximum Gasteiger partial charge on any atom is 0.0763 e. The summed E-state index contributed by atoms with van der Waals surface area (Å²) in [6.07, 6.45) is 5.13. The standard InChI is InChI=1S/C10H10BrN/c1-3-4-12-10-6-8(2)5-9(11)7-10/h1,5-7,12H,4H2,2H3. The van der Waals surface area contributed by atoms with Gasteiger partial charge in [0.25, 0.3) is 0 Å². The molecule has 0 fully saturated rings. The van der Waals surface area contributed by atoms with E-state index in [1.165, 1.54) is 5.56 Å². The highest BCUT2D eigenvalue weighted by atomic mass is 79.9. The summed E-state index contributed by atoms with van der Waals surface area (Å²) in [7, 11) is 0. The van der Waals surface area contributed by atoms with Crippen LogP contribution < -0.4 is 5.32 Å². The second-order valence-corrected chi connectivity index (χ2v) is 3.49. The largest absolute Gasteiger partial charge is 0.374 e. The fraction of sp³-hybridized carbons (Fsp3) is 0.200. The Labute approximate surface area is 81.3 Å². The van der Waals surface area contributed by atoms with Gasteiger partial charge in [0.1, 0.15) is 0 Å². The number of anilines is 1. The van der Waals surface area contributed by atoms with Gasteiger partial charge in [-0.15, -0.1) is 6.42 Å². The molecule has 62 valence electrons. The molecule has 0 spiro atoms. The Morgan fingerprint density at radius 3 is 2.83 bits per heavy atom. The Kier molecular flexibility index (Phi) is 3.19. The Bertz CT molecular complexity index is 292. The summed E-state index contributed by atoms with van der Waals surface area (Å²) in [6, 6.07) is 6.12. The predicted octanol–water partition coefficient (Wildman–Crippen LogP) is 2.80. The first-order chi connectivity index (χ1) is 5.72. The maximum atomic E-state index is 5.13. The molecule has 1 N–H and O–H groups in total. The van der Waals surface area contributed by atoms with Gasteiger partial charge >= 0.3 is 0 Å². The minimum absolute atomic E-state index is 0.565. The number of rotatable bonds is 2. The Balaban J connectivity index is 2.80. The van der Waals surface area contributed by atoms with Crippen LogP contribution in [0.5, 0.6) is 0 Å². The summed E-state index contributed by atoms with van der Waals surface area (Å²) in [4.78, 5) is 0. The third-order valence-corrected chi connectivity index (χ3v) is 1.89. The van der Waals surface area contributed by atoms with Crippen LogP contribution in [0.2, 0.25) is 0 Å². The molecule has 0 unspecified atom stereocenters. The van der Waals surface area contributed by atoms with Crippen LogP contribution in [0.3, 0.4) is 0 Å². The molecule has 0 saturated carbocycles. The highest BCUT2D eigenvalue weighted by Crippen LogP contribution is 2.18. The first-order valence-electron chi connectivity index (χ1n) is 3.67. The average molecular weight is 224 g/mol. The number of hydrogen-bond donors (Lipinski definition) is 1. The number of aryl methyl sites for hydroxylation is 1. The smallest absolute Gasteiger partial charge is 0.0763 e. The van der Waals surface area contributed by atoms with Crippen molar-refractivity contribution in [3.63, 3.8) is 0 Å². The lowest BCUT2D eigenvalue weighted by Gasteiger charge is -2.04. The normalized spacial score (nSPS) is 9.08. The van der Waals surface area contributed by atoms with Crippen molar-refractivity contribution in [2.45, 2.75) is 6.92 Å². The van der Waals surface area contributed by atoms with Crippen molar-refractivity contribution in [1.82, 2.24) is 0 Å². The van der Waals surface area contributed by atoms with Crippen molar-refractivity contribution >= 4 is 21.6 Å². The van der Waals surface area contributed by atoms with Crippen LogP contribution in [0.25, 0.3) is 0 Å². The van der Waals surface area contributed by atoms with E-state index >= 15 is 0 Å². The van der Waals surface area contributed by atoms with E-state index in [1.807, 2.05) is 13.0 Å².